The Labute approximate surface area is 128 Å². The Kier molecular flexibility index (Phi) is 4.82. The molecule has 7 heteroatoms. The van der Waals surface area contributed by atoms with Gasteiger partial charge in [-0.2, -0.15) is 0 Å². The molecule has 1 aliphatic rings. The average Bonchev–Trinajstić information content (AvgIpc) is 3.04. The first-order chi connectivity index (χ1) is 9.92. The lowest BCUT2D eigenvalue weighted by molar-refractivity contribution is -0.142. The van der Waals surface area contributed by atoms with Crippen molar-refractivity contribution in [3.05, 3.63) is 16.1 Å². The number of aliphatic carboxylic acids is 1. The van der Waals surface area contributed by atoms with Gasteiger partial charge in [0.2, 0.25) is 0 Å². The van der Waals surface area contributed by atoms with Gasteiger partial charge in [0.15, 0.2) is 0 Å². The molecule has 1 saturated heterocycles. The van der Waals surface area contributed by atoms with Gasteiger partial charge in [0, 0.05) is 24.2 Å². The van der Waals surface area contributed by atoms with Gasteiger partial charge in [-0.25, -0.2) is 9.78 Å². The summed E-state index contributed by atoms with van der Waals surface area (Å²) in [5.41, 5.74) is 0. The topological polar surface area (TPSA) is 82.5 Å². The standard InChI is InChI=1S/C14H21N3O3S/c1-4-10-5-15-12(21-10)9(3)16-14(20)17-6-8(2)11(7-17)13(18)19/h5,8-9,11H,4,6-7H2,1-3H3,(H,16,20)(H,18,19). The molecule has 3 atom stereocenters. The van der Waals surface area contributed by atoms with E-state index in [9.17, 15) is 9.59 Å². The van der Waals surface area contributed by atoms with E-state index >= 15 is 0 Å². The zero-order chi connectivity index (χ0) is 15.6. The molecule has 2 N–H and O–H groups in total. The third-order valence-electron chi connectivity index (χ3n) is 3.85. The molecule has 0 radical (unpaired) electrons. The van der Waals surface area contributed by atoms with E-state index in [0.29, 0.717) is 6.54 Å². The molecule has 116 valence electrons. The summed E-state index contributed by atoms with van der Waals surface area (Å²) in [6.07, 6.45) is 2.77. The van der Waals surface area contributed by atoms with Crippen molar-refractivity contribution in [2.45, 2.75) is 33.2 Å². The zero-order valence-corrected chi connectivity index (χ0v) is 13.3. The van der Waals surface area contributed by atoms with Crippen LogP contribution in [-0.2, 0) is 11.2 Å². The predicted octanol–water partition coefficient (Wildman–Crippen LogP) is 2.13. The van der Waals surface area contributed by atoms with E-state index < -0.39 is 11.9 Å². The maximum absolute atomic E-state index is 12.2. The number of carboxylic acids is 1. The number of aromatic nitrogens is 1. The highest BCUT2D eigenvalue weighted by molar-refractivity contribution is 7.11. The second kappa shape index (κ2) is 6.43. The van der Waals surface area contributed by atoms with Crippen LogP contribution in [0.2, 0.25) is 0 Å². The monoisotopic (exact) mass is 311 g/mol. The minimum Gasteiger partial charge on any atom is -0.481 e. The molecule has 1 aromatic heterocycles. The molecule has 0 aromatic carbocycles. The van der Waals surface area contributed by atoms with Gasteiger partial charge in [-0.15, -0.1) is 11.3 Å². The van der Waals surface area contributed by atoms with Gasteiger partial charge >= 0.3 is 12.0 Å². The Hall–Kier alpha value is -1.63. The van der Waals surface area contributed by atoms with E-state index in [1.165, 1.54) is 4.88 Å². The fraction of sp³-hybridized carbons (Fsp3) is 0.643. The van der Waals surface area contributed by atoms with Crippen LogP contribution in [0.5, 0.6) is 0 Å². The molecule has 6 nitrogen and oxygen atoms in total. The van der Waals surface area contributed by atoms with Crippen LogP contribution in [0.15, 0.2) is 6.20 Å². The average molecular weight is 311 g/mol. The number of nitrogens with zero attached hydrogens (tertiary/aromatic N) is 2. The van der Waals surface area contributed by atoms with E-state index in [4.69, 9.17) is 5.11 Å². The Balaban J connectivity index is 1.94. The van der Waals surface area contributed by atoms with Gasteiger partial charge in [0.1, 0.15) is 5.01 Å². The molecule has 2 rings (SSSR count). The van der Waals surface area contributed by atoms with Crippen molar-refractivity contribution in [2.24, 2.45) is 11.8 Å². The van der Waals surface area contributed by atoms with Crippen molar-refractivity contribution in [2.75, 3.05) is 13.1 Å². The fourth-order valence-corrected chi connectivity index (χ4v) is 3.34. The third-order valence-corrected chi connectivity index (χ3v) is 5.17. The number of hydrogen-bond acceptors (Lipinski definition) is 4. The lowest BCUT2D eigenvalue weighted by atomic mass is 9.99. The number of amides is 2. The Morgan fingerprint density at radius 3 is 2.81 bits per heavy atom. The molecule has 1 aromatic rings. The number of hydrogen-bond donors (Lipinski definition) is 2. The second-order valence-corrected chi connectivity index (χ2v) is 6.66. The number of carbonyl (C=O) groups excluding carboxylic acids is 1. The number of urea groups is 1. The quantitative estimate of drug-likeness (QED) is 0.892. The van der Waals surface area contributed by atoms with Crippen LogP contribution in [0.1, 0.15) is 36.7 Å². The number of likely N-dealkylation sites (tertiary alicyclic amines) is 1. The molecule has 0 bridgehead atoms. The summed E-state index contributed by atoms with van der Waals surface area (Å²) >= 11 is 1.59. The highest BCUT2D eigenvalue weighted by atomic mass is 32.1. The first-order valence-electron chi connectivity index (χ1n) is 7.15. The summed E-state index contributed by atoms with van der Waals surface area (Å²) in [6, 6.07) is -0.381. The second-order valence-electron chi connectivity index (χ2n) is 5.52. The summed E-state index contributed by atoms with van der Waals surface area (Å²) in [5.74, 6) is -1.33. The van der Waals surface area contributed by atoms with Crippen molar-refractivity contribution in [1.29, 1.82) is 0 Å². The van der Waals surface area contributed by atoms with Crippen molar-refractivity contribution < 1.29 is 14.7 Å². The zero-order valence-electron chi connectivity index (χ0n) is 12.5. The van der Waals surface area contributed by atoms with Gasteiger partial charge in [-0.05, 0) is 19.3 Å². The maximum atomic E-state index is 12.2. The summed E-state index contributed by atoms with van der Waals surface area (Å²) in [4.78, 5) is 30.4. The number of nitrogens with one attached hydrogen (secondary N) is 1. The molecule has 2 amide bonds. The van der Waals surface area contributed by atoms with E-state index in [1.54, 1.807) is 16.2 Å². The molecule has 0 saturated carbocycles. The van der Waals surface area contributed by atoms with E-state index in [2.05, 4.69) is 17.2 Å². The van der Waals surface area contributed by atoms with Gasteiger partial charge < -0.3 is 15.3 Å². The van der Waals surface area contributed by atoms with Crippen molar-refractivity contribution in [3.63, 3.8) is 0 Å². The van der Waals surface area contributed by atoms with Crippen LogP contribution < -0.4 is 5.32 Å². The van der Waals surface area contributed by atoms with Crippen LogP contribution in [0.3, 0.4) is 0 Å². The van der Waals surface area contributed by atoms with E-state index in [-0.39, 0.29) is 24.5 Å². The molecular weight excluding hydrogens is 290 g/mol. The molecule has 2 heterocycles. The summed E-state index contributed by atoms with van der Waals surface area (Å²) in [6.45, 7) is 6.58. The van der Waals surface area contributed by atoms with Crippen LogP contribution in [-0.4, -0.2) is 40.1 Å². The summed E-state index contributed by atoms with van der Waals surface area (Å²) in [7, 11) is 0. The SMILES string of the molecule is CCc1cnc(C(C)NC(=O)N2CC(C)C(C(=O)O)C2)s1. The first-order valence-corrected chi connectivity index (χ1v) is 7.96. The van der Waals surface area contributed by atoms with Gasteiger partial charge in [0.05, 0.1) is 12.0 Å². The van der Waals surface area contributed by atoms with Gasteiger partial charge in [-0.1, -0.05) is 13.8 Å². The molecule has 21 heavy (non-hydrogen) atoms. The van der Waals surface area contributed by atoms with E-state index in [0.717, 1.165) is 11.4 Å². The van der Waals surface area contributed by atoms with Crippen LogP contribution in [0, 0.1) is 11.8 Å². The summed E-state index contributed by atoms with van der Waals surface area (Å²) < 4.78 is 0. The minimum atomic E-state index is -0.835. The predicted molar refractivity (Wildman–Crippen MR) is 80.3 cm³/mol. The Bertz CT molecular complexity index is 531. The Morgan fingerprint density at radius 2 is 2.29 bits per heavy atom. The third kappa shape index (κ3) is 3.53. The molecular formula is C14H21N3O3S. The van der Waals surface area contributed by atoms with Gasteiger partial charge in [-0.3, -0.25) is 4.79 Å². The largest absolute Gasteiger partial charge is 0.481 e. The minimum absolute atomic E-state index is 0.0184. The highest BCUT2D eigenvalue weighted by Crippen LogP contribution is 2.24. The van der Waals surface area contributed by atoms with Crippen molar-refractivity contribution in [1.82, 2.24) is 15.2 Å². The normalized spacial score (nSPS) is 23.1. The number of thiazole rings is 1. The lowest BCUT2D eigenvalue weighted by Crippen LogP contribution is -2.40. The van der Waals surface area contributed by atoms with E-state index in [1.807, 2.05) is 20.0 Å². The molecule has 3 unspecified atom stereocenters. The smallest absolute Gasteiger partial charge is 0.317 e. The number of aryl methyl sites for hydroxylation is 1. The number of carbonyl (C=O) groups is 2. The highest BCUT2D eigenvalue weighted by Gasteiger charge is 2.37. The van der Waals surface area contributed by atoms with Crippen LogP contribution in [0.25, 0.3) is 0 Å². The molecule has 0 spiro atoms. The lowest BCUT2D eigenvalue weighted by Gasteiger charge is -2.19. The summed E-state index contributed by atoms with van der Waals surface area (Å²) in [5, 5.41) is 12.9. The van der Waals surface area contributed by atoms with Crippen LogP contribution in [0.4, 0.5) is 4.79 Å². The van der Waals surface area contributed by atoms with Crippen molar-refractivity contribution >= 4 is 23.3 Å². The van der Waals surface area contributed by atoms with Crippen molar-refractivity contribution in [3.8, 4) is 0 Å². The van der Waals surface area contributed by atoms with Gasteiger partial charge in [0.25, 0.3) is 0 Å². The molecule has 1 fully saturated rings. The number of carboxylic acid groups (broad SMARTS) is 1. The first kappa shape index (κ1) is 15.8. The van der Waals surface area contributed by atoms with Crippen LogP contribution >= 0.6 is 11.3 Å². The molecule has 0 aliphatic carbocycles. The molecule has 1 aliphatic heterocycles. The fourth-order valence-electron chi connectivity index (χ4n) is 2.48. The Morgan fingerprint density at radius 1 is 1.57 bits per heavy atom. The number of rotatable bonds is 4. The maximum Gasteiger partial charge on any atom is 0.317 e.